The van der Waals surface area contributed by atoms with E-state index in [2.05, 4.69) is 25.9 Å². The van der Waals surface area contributed by atoms with Crippen molar-refractivity contribution >= 4 is 34.1 Å². The van der Waals surface area contributed by atoms with Gasteiger partial charge in [0.1, 0.15) is 24.1 Å². The van der Waals surface area contributed by atoms with Crippen molar-refractivity contribution in [2.24, 2.45) is 5.92 Å². The van der Waals surface area contributed by atoms with Crippen LogP contribution in [0, 0.1) is 12.8 Å². The predicted molar refractivity (Wildman–Crippen MR) is 121 cm³/mol. The molecule has 0 bridgehead atoms. The van der Waals surface area contributed by atoms with E-state index in [4.69, 9.17) is 17.3 Å². The van der Waals surface area contributed by atoms with Gasteiger partial charge in [-0.2, -0.15) is 0 Å². The summed E-state index contributed by atoms with van der Waals surface area (Å²) in [5, 5.41) is 23.0. The lowest BCUT2D eigenvalue weighted by Gasteiger charge is -2.28. The average Bonchev–Trinajstić information content (AvgIpc) is 3.30. The highest BCUT2D eigenvalue weighted by Crippen LogP contribution is 2.38. The Kier molecular flexibility index (Phi) is 5.20. The van der Waals surface area contributed by atoms with E-state index in [-0.39, 0.29) is 12.0 Å². The maximum absolute atomic E-state index is 10.8. The van der Waals surface area contributed by atoms with Gasteiger partial charge in [-0.1, -0.05) is 23.7 Å². The van der Waals surface area contributed by atoms with Crippen LogP contribution in [0.3, 0.4) is 0 Å². The molecule has 0 spiro atoms. The standard InChI is InChI=1S/C23H26ClN5O2/c1-12-16-6-7-29(23(16)27-11-26-12)19-10-15(20(30)21(19)31)5-3-13-2-4-14-9-17(24)22(25)28-18(14)8-13/h2,4,8-9,11,15,19-21,30-31H,3,5-7,10H2,1H3,(H2,25,28)/t15-,19?,20+,21-/m0/s1. The molecule has 0 radical (unpaired) electrons. The monoisotopic (exact) mass is 439 g/mol. The molecule has 4 atom stereocenters. The number of nitrogens with two attached hydrogens (primary N) is 1. The van der Waals surface area contributed by atoms with Crippen LogP contribution in [0.5, 0.6) is 0 Å². The minimum Gasteiger partial charge on any atom is -0.390 e. The molecule has 162 valence electrons. The molecule has 8 heteroatoms. The predicted octanol–water partition coefficient (Wildman–Crippen LogP) is 2.67. The number of pyridine rings is 1. The van der Waals surface area contributed by atoms with Crippen LogP contribution < -0.4 is 10.6 Å². The van der Waals surface area contributed by atoms with Gasteiger partial charge in [0.05, 0.1) is 22.7 Å². The van der Waals surface area contributed by atoms with Crippen LogP contribution in [-0.2, 0) is 12.8 Å². The first-order valence-electron chi connectivity index (χ1n) is 10.7. The Hall–Kier alpha value is -2.48. The first-order valence-corrected chi connectivity index (χ1v) is 11.1. The van der Waals surface area contributed by atoms with Gasteiger partial charge in [0.2, 0.25) is 0 Å². The fourth-order valence-electron chi connectivity index (χ4n) is 5.09. The molecule has 1 aliphatic heterocycles. The summed E-state index contributed by atoms with van der Waals surface area (Å²) >= 11 is 6.06. The highest BCUT2D eigenvalue weighted by atomic mass is 35.5. The zero-order chi connectivity index (χ0) is 21.7. The molecule has 4 N–H and O–H groups in total. The summed E-state index contributed by atoms with van der Waals surface area (Å²) in [7, 11) is 0. The van der Waals surface area contributed by atoms with Gasteiger partial charge in [0, 0.05) is 23.2 Å². The SMILES string of the molecule is Cc1ncnc2c1CCN2C1C[C@H](CCc2ccc3cc(Cl)c(N)nc3c2)[C@@H](O)[C@H]1O. The first-order chi connectivity index (χ1) is 14.9. The van der Waals surface area contributed by atoms with E-state index in [1.807, 2.05) is 25.1 Å². The minimum atomic E-state index is -0.786. The van der Waals surface area contributed by atoms with E-state index in [1.54, 1.807) is 6.33 Å². The van der Waals surface area contributed by atoms with E-state index in [9.17, 15) is 10.2 Å². The van der Waals surface area contributed by atoms with Crippen LogP contribution in [0.25, 0.3) is 10.9 Å². The van der Waals surface area contributed by atoms with Crippen LogP contribution in [0.2, 0.25) is 5.02 Å². The highest BCUT2D eigenvalue weighted by Gasteiger charge is 2.45. The Bertz CT molecular complexity index is 1140. The Morgan fingerprint density at radius 1 is 1.19 bits per heavy atom. The van der Waals surface area contributed by atoms with Crippen molar-refractivity contribution in [3.63, 3.8) is 0 Å². The molecule has 2 aliphatic rings. The van der Waals surface area contributed by atoms with Gasteiger partial charge in [0.25, 0.3) is 0 Å². The molecule has 7 nitrogen and oxygen atoms in total. The molecule has 3 aromatic rings. The highest BCUT2D eigenvalue weighted by molar-refractivity contribution is 6.33. The molecule has 0 amide bonds. The van der Waals surface area contributed by atoms with Crippen molar-refractivity contribution in [1.82, 2.24) is 15.0 Å². The number of halogens is 1. The van der Waals surface area contributed by atoms with Gasteiger partial charge in [0.15, 0.2) is 0 Å². The molecule has 0 saturated heterocycles. The largest absolute Gasteiger partial charge is 0.390 e. The molecule has 1 aromatic carbocycles. The Balaban J connectivity index is 1.30. The third kappa shape index (κ3) is 3.60. The minimum absolute atomic E-state index is 0.0194. The number of hydrogen-bond donors (Lipinski definition) is 3. The topological polar surface area (TPSA) is 108 Å². The molecule has 31 heavy (non-hydrogen) atoms. The number of rotatable bonds is 4. The maximum Gasteiger partial charge on any atom is 0.142 e. The van der Waals surface area contributed by atoms with Crippen LogP contribution in [0.4, 0.5) is 11.6 Å². The summed E-state index contributed by atoms with van der Waals surface area (Å²) in [5.74, 6) is 1.25. The number of nitrogens with zero attached hydrogens (tertiary/aromatic N) is 4. The van der Waals surface area contributed by atoms with Crippen LogP contribution in [-0.4, -0.2) is 50.0 Å². The lowest BCUT2D eigenvalue weighted by Crippen LogP contribution is -2.43. The molecule has 1 unspecified atom stereocenters. The van der Waals surface area contributed by atoms with Gasteiger partial charge >= 0.3 is 0 Å². The van der Waals surface area contributed by atoms with Gasteiger partial charge in [-0.3, -0.25) is 0 Å². The van der Waals surface area contributed by atoms with E-state index < -0.39 is 12.2 Å². The van der Waals surface area contributed by atoms with Gasteiger partial charge < -0.3 is 20.8 Å². The molecule has 2 aromatic heterocycles. The van der Waals surface area contributed by atoms with Gasteiger partial charge in [-0.15, -0.1) is 0 Å². The number of hydrogen-bond acceptors (Lipinski definition) is 7. The van der Waals surface area contributed by atoms with Crippen LogP contribution in [0.15, 0.2) is 30.6 Å². The first kappa shape index (κ1) is 20.4. The number of aryl methyl sites for hydroxylation is 2. The van der Waals surface area contributed by atoms with Crippen molar-refractivity contribution < 1.29 is 10.2 Å². The zero-order valence-electron chi connectivity index (χ0n) is 17.4. The molecular weight excluding hydrogens is 414 g/mol. The molecule has 1 aliphatic carbocycles. The van der Waals surface area contributed by atoms with E-state index >= 15 is 0 Å². The smallest absolute Gasteiger partial charge is 0.142 e. The second-order valence-electron chi connectivity index (χ2n) is 8.67. The summed E-state index contributed by atoms with van der Waals surface area (Å²) in [4.78, 5) is 15.3. The molecule has 1 saturated carbocycles. The summed E-state index contributed by atoms with van der Waals surface area (Å²) in [6.07, 6.45) is 3.24. The third-order valence-electron chi connectivity index (χ3n) is 6.85. The normalized spacial score (nSPS) is 25.4. The van der Waals surface area contributed by atoms with Crippen molar-refractivity contribution in [1.29, 1.82) is 0 Å². The summed E-state index contributed by atoms with van der Waals surface area (Å²) in [5.41, 5.74) is 9.92. The van der Waals surface area contributed by atoms with Gasteiger partial charge in [-0.25, -0.2) is 15.0 Å². The molecule has 5 rings (SSSR count). The zero-order valence-corrected chi connectivity index (χ0v) is 18.1. The molecule has 3 heterocycles. The lowest BCUT2D eigenvalue weighted by atomic mass is 9.95. The summed E-state index contributed by atoms with van der Waals surface area (Å²) in [6.45, 7) is 2.79. The average molecular weight is 440 g/mol. The molecular formula is C23H26ClN5O2. The molecule has 1 fully saturated rings. The van der Waals surface area contributed by atoms with Crippen molar-refractivity contribution in [3.05, 3.63) is 52.4 Å². The lowest BCUT2D eigenvalue weighted by molar-refractivity contribution is 0.0131. The number of anilines is 2. The van der Waals surface area contributed by atoms with Crippen LogP contribution >= 0.6 is 11.6 Å². The Labute approximate surface area is 185 Å². The summed E-state index contributed by atoms with van der Waals surface area (Å²) in [6, 6.07) is 7.77. The van der Waals surface area contributed by atoms with Crippen molar-refractivity contribution in [2.75, 3.05) is 17.2 Å². The summed E-state index contributed by atoms with van der Waals surface area (Å²) < 4.78 is 0. The van der Waals surface area contributed by atoms with Crippen molar-refractivity contribution in [2.45, 2.75) is 50.9 Å². The second-order valence-corrected chi connectivity index (χ2v) is 9.08. The Morgan fingerprint density at radius 2 is 2.03 bits per heavy atom. The van der Waals surface area contributed by atoms with Crippen molar-refractivity contribution in [3.8, 4) is 0 Å². The van der Waals surface area contributed by atoms with Gasteiger partial charge in [-0.05, 0) is 56.2 Å². The number of nitrogen functional groups attached to an aromatic ring is 1. The fourth-order valence-corrected chi connectivity index (χ4v) is 5.25. The van der Waals surface area contributed by atoms with E-state index in [0.29, 0.717) is 10.8 Å². The number of fused-ring (bicyclic) bond motifs is 2. The third-order valence-corrected chi connectivity index (χ3v) is 7.15. The number of aliphatic hydroxyl groups is 2. The fraction of sp³-hybridized carbons (Fsp3) is 0.435. The quantitative estimate of drug-likeness (QED) is 0.573. The van der Waals surface area contributed by atoms with E-state index in [1.165, 1.54) is 0 Å². The number of aromatic nitrogens is 3. The van der Waals surface area contributed by atoms with Crippen LogP contribution in [0.1, 0.15) is 29.7 Å². The number of aliphatic hydroxyl groups excluding tert-OH is 2. The Morgan fingerprint density at radius 3 is 2.87 bits per heavy atom. The second kappa shape index (κ2) is 7.89. The number of benzene rings is 1. The maximum atomic E-state index is 10.8. The van der Waals surface area contributed by atoms with E-state index in [0.717, 1.165) is 65.8 Å².